The van der Waals surface area contributed by atoms with Crippen molar-refractivity contribution < 1.29 is 14.6 Å². The smallest absolute Gasteiger partial charge is 0.486 e. The zero-order valence-electron chi connectivity index (χ0n) is 6.43. The van der Waals surface area contributed by atoms with Crippen molar-refractivity contribution in [1.82, 2.24) is 0 Å². The molecule has 0 rings (SSSR count). The van der Waals surface area contributed by atoms with E-state index in [0.29, 0.717) is 0 Å². The number of hydrogen-bond donors (Lipinski definition) is 0. The van der Waals surface area contributed by atoms with Crippen LogP contribution in [0.2, 0.25) is 0 Å². The lowest BCUT2D eigenvalue weighted by atomic mass is 10.2. The normalized spacial score (nSPS) is 10.4. The van der Waals surface area contributed by atoms with Crippen molar-refractivity contribution in [2.75, 3.05) is 6.61 Å². The number of nitro groups is 2. The molecule has 0 fully saturated rings. The van der Waals surface area contributed by atoms with Crippen LogP contribution in [-0.4, -0.2) is 22.1 Å². The quantitative estimate of drug-likeness (QED) is 0.261. The van der Waals surface area contributed by atoms with E-state index in [9.17, 15) is 20.2 Å². The lowest BCUT2D eigenvalue weighted by Gasteiger charge is -2.10. The summed E-state index contributed by atoms with van der Waals surface area (Å²) in [4.78, 5) is 18.4. The third-order valence-corrected chi connectivity index (χ3v) is 1.26. The third-order valence-electron chi connectivity index (χ3n) is 1.26. The first-order valence-electron chi connectivity index (χ1n) is 2.96. The van der Waals surface area contributed by atoms with Gasteiger partial charge in [0.05, 0.1) is 13.2 Å². The van der Waals surface area contributed by atoms with Gasteiger partial charge in [0.1, 0.15) is 9.85 Å². The molecule has 7 heteroatoms. The Morgan fingerprint density at radius 1 is 1.50 bits per heavy atom. The van der Waals surface area contributed by atoms with Gasteiger partial charge in [0.2, 0.25) is 6.61 Å². The van der Waals surface area contributed by atoms with Crippen LogP contribution in [0.15, 0.2) is 12.8 Å². The standard InChI is InChI=1S/C5H8N2O5/c1-3-12-4-5(2,6(8)9)7(10)11/h3H,1,4H2,2H3. The van der Waals surface area contributed by atoms with Gasteiger partial charge >= 0.3 is 5.66 Å². The third kappa shape index (κ3) is 1.91. The maximum Gasteiger partial charge on any atom is 0.488 e. The van der Waals surface area contributed by atoms with Crippen LogP contribution in [0.5, 0.6) is 0 Å². The van der Waals surface area contributed by atoms with E-state index in [0.717, 1.165) is 13.2 Å². The lowest BCUT2D eigenvalue weighted by Crippen LogP contribution is -2.47. The van der Waals surface area contributed by atoms with Crippen molar-refractivity contribution in [3.63, 3.8) is 0 Å². The topological polar surface area (TPSA) is 95.5 Å². The molecule has 0 saturated heterocycles. The zero-order chi connectivity index (χ0) is 9.78. The summed E-state index contributed by atoms with van der Waals surface area (Å²) in [6, 6.07) is 0. The molecular weight excluding hydrogens is 168 g/mol. The van der Waals surface area contributed by atoms with Crippen molar-refractivity contribution in [2.24, 2.45) is 0 Å². The minimum absolute atomic E-state index is 0.628. The molecule has 68 valence electrons. The Bertz CT molecular complexity index is 200. The molecule has 12 heavy (non-hydrogen) atoms. The lowest BCUT2D eigenvalue weighted by molar-refractivity contribution is -0.793. The molecule has 0 aliphatic rings. The number of hydrogen-bond acceptors (Lipinski definition) is 5. The molecule has 7 nitrogen and oxygen atoms in total. The summed E-state index contributed by atoms with van der Waals surface area (Å²) in [5.41, 5.74) is -2.30. The fourth-order valence-corrected chi connectivity index (χ4v) is 0.389. The van der Waals surface area contributed by atoms with Gasteiger partial charge < -0.3 is 4.74 Å². The van der Waals surface area contributed by atoms with Gasteiger partial charge in [-0.1, -0.05) is 6.58 Å². The molecule has 0 aromatic rings. The molecule has 0 atom stereocenters. The molecular formula is C5H8N2O5. The van der Waals surface area contributed by atoms with Crippen LogP contribution in [0.25, 0.3) is 0 Å². The molecule has 0 aliphatic carbocycles. The van der Waals surface area contributed by atoms with Gasteiger partial charge in [0.15, 0.2) is 0 Å². The fraction of sp³-hybridized carbons (Fsp3) is 0.600. The largest absolute Gasteiger partial charge is 0.488 e. The molecule has 0 aliphatic heterocycles. The summed E-state index contributed by atoms with van der Waals surface area (Å²) < 4.78 is 4.40. The average Bonchev–Trinajstić information content (AvgIpc) is 1.99. The second kappa shape index (κ2) is 3.65. The van der Waals surface area contributed by atoms with Gasteiger partial charge in [-0.3, -0.25) is 20.2 Å². The summed E-state index contributed by atoms with van der Waals surface area (Å²) in [6.07, 6.45) is 0.922. The molecule has 0 heterocycles. The highest BCUT2D eigenvalue weighted by Gasteiger charge is 2.51. The number of nitrogens with zero attached hydrogens (tertiary/aromatic N) is 2. The first-order valence-corrected chi connectivity index (χ1v) is 2.96. The van der Waals surface area contributed by atoms with Gasteiger partial charge in [-0.25, -0.2) is 0 Å². The van der Waals surface area contributed by atoms with Crippen molar-refractivity contribution in [3.05, 3.63) is 33.1 Å². The second-order valence-electron chi connectivity index (χ2n) is 2.21. The Kier molecular flexibility index (Phi) is 3.15. The second-order valence-corrected chi connectivity index (χ2v) is 2.21. The molecule has 0 aromatic carbocycles. The molecule has 0 N–H and O–H groups in total. The van der Waals surface area contributed by atoms with E-state index in [2.05, 4.69) is 11.3 Å². The maximum absolute atomic E-state index is 10.2. The summed E-state index contributed by atoms with van der Waals surface area (Å²) in [5, 5.41) is 20.4. The average molecular weight is 176 g/mol. The summed E-state index contributed by atoms with van der Waals surface area (Å²) in [5.74, 6) is 0. The number of ether oxygens (including phenoxy) is 1. The van der Waals surface area contributed by atoms with E-state index in [4.69, 9.17) is 0 Å². The Balaban J connectivity index is 4.50. The van der Waals surface area contributed by atoms with Crippen LogP contribution in [0.1, 0.15) is 6.92 Å². The Morgan fingerprint density at radius 3 is 2.17 bits per heavy atom. The SMILES string of the molecule is C=COCC(C)([N+](=O)[O-])[N+](=O)[O-]. The van der Waals surface area contributed by atoms with Crippen LogP contribution >= 0.6 is 0 Å². The minimum Gasteiger partial charge on any atom is -0.486 e. The molecule has 0 saturated carbocycles. The summed E-state index contributed by atoms with van der Waals surface area (Å²) in [6.45, 7) is 3.36. The van der Waals surface area contributed by atoms with Crippen molar-refractivity contribution in [1.29, 1.82) is 0 Å². The van der Waals surface area contributed by atoms with E-state index in [1.165, 1.54) is 0 Å². The van der Waals surface area contributed by atoms with Crippen LogP contribution in [0, 0.1) is 20.2 Å². The molecule has 0 amide bonds. The van der Waals surface area contributed by atoms with E-state index in [-0.39, 0.29) is 0 Å². The van der Waals surface area contributed by atoms with E-state index in [1.54, 1.807) is 0 Å². The van der Waals surface area contributed by atoms with Crippen LogP contribution in [0.3, 0.4) is 0 Å². The highest BCUT2D eigenvalue weighted by molar-refractivity contribution is 4.61. The minimum atomic E-state index is -2.30. The molecule has 0 spiro atoms. The van der Waals surface area contributed by atoms with Gasteiger partial charge in [0.25, 0.3) is 0 Å². The monoisotopic (exact) mass is 176 g/mol. The first-order chi connectivity index (χ1) is 5.45. The zero-order valence-corrected chi connectivity index (χ0v) is 6.43. The molecule has 0 bridgehead atoms. The Morgan fingerprint density at radius 2 is 1.92 bits per heavy atom. The first kappa shape index (κ1) is 10.3. The predicted molar refractivity (Wildman–Crippen MR) is 38.5 cm³/mol. The highest BCUT2D eigenvalue weighted by atomic mass is 16.7. The van der Waals surface area contributed by atoms with E-state index in [1.807, 2.05) is 0 Å². The van der Waals surface area contributed by atoms with Gasteiger partial charge in [-0.15, -0.1) is 0 Å². The summed E-state index contributed by atoms with van der Waals surface area (Å²) >= 11 is 0. The van der Waals surface area contributed by atoms with Crippen molar-refractivity contribution in [3.8, 4) is 0 Å². The predicted octanol–water partition coefficient (Wildman–Crippen LogP) is 0.416. The van der Waals surface area contributed by atoms with Gasteiger partial charge in [-0.2, -0.15) is 0 Å². The molecule has 0 radical (unpaired) electrons. The maximum atomic E-state index is 10.2. The summed E-state index contributed by atoms with van der Waals surface area (Å²) in [7, 11) is 0. The van der Waals surface area contributed by atoms with Crippen LogP contribution in [-0.2, 0) is 4.74 Å². The molecule has 0 unspecified atom stereocenters. The highest BCUT2D eigenvalue weighted by Crippen LogP contribution is 2.10. The van der Waals surface area contributed by atoms with E-state index >= 15 is 0 Å². The fourth-order valence-electron chi connectivity index (χ4n) is 0.389. The van der Waals surface area contributed by atoms with Gasteiger partial charge in [0, 0.05) is 0 Å². The van der Waals surface area contributed by atoms with E-state index < -0.39 is 22.1 Å². The Hall–Kier alpha value is -1.66. The van der Waals surface area contributed by atoms with Crippen molar-refractivity contribution >= 4 is 0 Å². The van der Waals surface area contributed by atoms with Gasteiger partial charge in [-0.05, 0) is 0 Å². The van der Waals surface area contributed by atoms with Crippen molar-refractivity contribution in [2.45, 2.75) is 12.6 Å². The molecule has 0 aromatic heterocycles. The van der Waals surface area contributed by atoms with Crippen LogP contribution in [0.4, 0.5) is 0 Å². The van der Waals surface area contributed by atoms with Crippen LogP contribution < -0.4 is 0 Å². The Labute approximate surface area is 67.9 Å². The number of rotatable bonds is 5.